The van der Waals surface area contributed by atoms with Crippen LogP contribution in [0, 0.1) is 5.82 Å². The zero-order valence-corrected chi connectivity index (χ0v) is 15.1. The van der Waals surface area contributed by atoms with Crippen molar-refractivity contribution in [1.29, 1.82) is 0 Å². The molecule has 0 aliphatic heterocycles. The fourth-order valence-electron chi connectivity index (χ4n) is 1.56. The summed E-state index contributed by atoms with van der Waals surface area (Å²) >= 11 is 1.83. The highest BCUT2D eigenvalue weighted by Crippen LogP contribution is 2.07. The highest BCUT2D eigenvalue weighted by atomic mass is 127. The molecule has 0 fully saturated rings. The third-order valence-electron chi connectivity index (χ3n) is 2.53. The molecule has 0 aliphatic rings. The van der Waals surface area contributed by atoms with E-state index in [1.54, 1.807) is 12.1 Å². The summed E-state index contributed by atoms with van der Waals surface area (Å²) in [5.74, 6) is 1.66. The number of benzene rings is 1. The number of hydrogen-bond acceptors (Lipinski definition) is 2. The summed E-state index contributed by atoms with van der Waals surface area (Å²) in [4.78, 5) is 4.39. The van der Waals surface area contributed by atoms with Gasteiger partial charge in [0.25, 0.3) is 0 Å². The maximum atomic E-state index is 13.5. The molecule has 2 N–H and O–H groups in total. The Morgan fingerprint density at radius 2 is 2.05 bits per heavy atom. The topological polar surface area (TPSA) is 36.4 Å². The summed E-state index contributed by atoms with van der Waals surface area (Å²) in [6.07, 6.45) is 3.18. The van der Waals surface area contributed by atoms with Crippen molar-refractivity contribution in [2.75, 3.05) is 25.1 Å². The lowest BCUT2D eigenvalue weighted by Crippen LogP contribution is -2.37. The Hall–Kier alpha value is -0.500. The number of halogens is 2. The van der Waals surface area contributed by atoms with E-state index in [2.05, 4.69) is 21.9 Å². The largest absolute Gasteiger partial charge is 0.357 e. The number of guanidine groups is 1. The fourth-order valence-corrected chi connectivity index (χ4v) is 1.99. The summed E-state index contributed by atoms with van der Waals surface area (Å²) in [6.45, 7) is 4.04. The lowest BCUT2D eigenvalue weighted by molar-refractivity contribution is 0.610. The van der Waals surface area contributed by atoms with Crippen LogP contribution in [0.25, 0.3) is 0 Å². The SMILES string of the molecule is CCNC(=NCc1ccccc1F)NCCCSC.I. The molecule has 1 rings (SSSR count). The van der Waals surface area contributed by atoms with Crippen LogP contribution in [0.3, 0.4) is 0 Å². The van der Waals surface area contributed by atoms with Gasteiger partial charge < -0.3 is 10.6 Å². The summed E-state index contributed by atoms with van der Waals surface area (Å²) < 4.78 is 13.5. The van der Waals surface area contributed by atoms with Gasteiger partial charge in [0.2, 0.25) is 0 Å². The van der Waals surface area contributed by atoms with Gasteiger partial charge in [0.15, 0.2) is 5.96 Å². The van der Waals surface area contributed by atoms with E-state index in [9.17, 15) is 4.39 Å². The van der Waals surface area contributed by atoms with Gasteiger partial charge in [-0.3, -0.25) is 0 Å². The number of rotatable bonds is 7. The van der Waals surface area contributed by atoms with Crippen LogP contribution in [0.5, 0.6) is 0 Å². The van der Waals surface area contributed by atoms with Gasteiger partial charge in [-0.25, -0.2) is 9.38 Å². The van der Waals surface area contributed by atoms with E-state index < -0.39 is 0 Å². The van der Waals surface area contributed by atoms with Crippen molar-refractivity contribution in [1.82, 2.24) is 10.6 Å². The van der Waals surface area contributed by atoms with Gasteiger partial charge in [-0.1, -0.05) is 18.2 Å². The Morgan fingerprint density at radius 3 is 2.70 bits per heavy atom. The second-order valence-corrected chi connectivity index (χ2v) is 5.05. The molecular formula is C14H23FIN3S. The Kier molecular flexibility index (Phi) is 12.0. The summed E-state index contributed by atoms with van der Waals surface area (Å²) in [6, 6.07) is 6.74. The van der Waals surface area contributed by atoms with E-state index in [4.69, 9.17) is 0 Å². The van der Waals surface area contributed by atoms with Crippen molar-refractivity contribution >= 4 is 41.7 Å². The molecule has 0 bridgehead atoms. The van der Waals surface area contributed by atoms with Crippen molar-refractivity contribution in [3.8, 4) is 0 Å². The van der Waals surface area contributed by atoms with Gasteiger partial charge in [0.1, 0.15) is 5.82 Å². The molecule has 0 saturated carbocycles. The van der Waals surface area contributed by atoms with Crippen molar-refractivity contribution in [3.05, 3.63) is 35.6 Å². The molecule has 0 atom stereocenters. The second-order valence-electron chi connectivity index (χ2n) is 4.06. The van der Waals surface area contributed by atoms with Gasteiger partial charge in [0, 0.05) is 18.7 Å². The van der Waals surface area contributed by atoms with Crippen LogP contribution in [-0.4, -0.2) is 31.1 Å². The number of aliphatic imine (C=N–C) groups is 1. The number of nitrogens with zero attached hydrogens (tertiary/aromatic N) is 1. The molecule has 1 aromatic carbocycles. The first-order valence-corrected chi connectivity index (χ1v) is 7.91. The predicted octanol–water partition coefficient (Wildman–Crippen LogP) is 3.25. The molecule has 114 valence electrons. The van der Waals surface area contributed by atoms with Crippen LogP contribution in [0.15, 0.2) is 29.3 Å². The zero-order chi connectivity index (χ0) is 13.9. The lowest BCUT2D eigenvalue weighted by atomic mass is 10.2. The van der Waals surface area contributed by atoms with Crippen LogP contribution in [-0.2, 0) is 6.54 Å². The number of hydrogen-bond donors (Lipinski definition) is 2. The standard InChI is InChI=1S/C14H22FN3S.HI/c1-3-16-14(17-9-6-10-19-2)18-11-12-7-4-5-8-13(12)15;/h4-5,7-8H,3,6,9-11H2,1-2H3,(H2,16,17,18);1H. The average molecular weight is 411 g/mol. The van der Waals surface area contributed by atoms with Crippen LogP contribution in [0.2, 0.25) is 0 Å². The van der Waals surface area contributed by atoms with Gasteiger partial charge >= 0.3 is 0 Å². The van der Waals surface area contributed by atoms with Crippen molar-refractivity contribution in [2.45, 2.75) is 19.9 Å². The smallest absolute Gasteiger partial charge is 0.191 e. The lowest BCUT2D eigenvalue weighted by Gasteiger charge is -2.11. The molecule has 3 nitrogen and oxygen atoms in total. The van der Waals surface area contributed by atoms with Crippen molar-refractivity contribution in [2.24, 2.45) is 4.99 Å². The summed E-state index contributed by atoms with van der Waals surface area (Å²) in [5, 5.41) is 6.41. The molecule has 0 amide bonds. The molecule has 0 spiro atoms. The second kappa shape index (κ2) is 12.3. The van der Waals surface area contributed by atoms with E-state index in [-0.39, 0.29) is 29.8 Å². The quantitative estimate of drug-likeness (QED) is 0.313. The highest BCUT2D eigenvalue weighted by Gasteiger charge is 2.01. The molecule has 0 aliphatic carbocycles. The van der Waals surface area contributed by atoms with Gasteiger partial charge in [0.05, 0.1) is 6.54 Å². The third kappa shape index (κ3) is 7.94. The molecule has 20 heavy (non-hydrogen) atoms. The Labute approximate surface area is 142 Å². The maximum Gasteiger partial charge on any atom is 0.191 e. The first kappa shape index (κ1) is 19.5. The van der Waals surface area contributed by atoms with E-state index in [0.717, 1.165) is 31.2 Å². The molecule has 0 radical (unpaired) electrons. The molecular weight excluding hydrogens is 388 g/mol. The van der Waals surface area contributed by atoms with E-state index in [1.165, 1.54) is 6.07 Å². The van der Waals surface area contributed by atoms with Gasteiger partial charge in [-0.05, 0) is 31.4 Å². The van der Waals surface area contributed by atoms with Crippen molar-refractivity contribution in [3.63, 3.8) is 0 Å². The van der Waals surface area contributed by atoms with E-state index >= 15 is 0 Å². The minimum Gasteiger partial charge on any atom is -0.357 e. The highest BCUT2D eigenvalue weighted by molar-refractivity contribution is 14.0. The fraction of sp³-hybridized carbons (Fsp3) is 0.500. The minimum atomic E-state index is -0.204. The first-order valence-electron chi connectivity index (χ1n) is 6.52. The number of nitrogens with one attached hydrogen (secondary N) is 2. The molecule has 6 heteroatoms. The minimum absolute atomic E-state index is 0. The first-order chi connectivity index (χ1) is 9.27. The summed E-state index contributed by atoms with van der Waals surface area (Å²) in [7, 11) is 0. The number of thioether (sulfide) groups is 1. The predicted molar refractivity (Wildman–Crippen MR) is 97.6 cm³/mol. The molecule has 0 heterocycles. The van der Waals surface area contributed by atoms with Crippen molar-refractivity contribution < 1.29 is 4.39 Å². The molecule has 0 unspecified atom stereocenters. The molecule has 1 aromatic rings. The molecule has 0 saturated heterocycles. The monoisotopic (exact) mass is 411 g/mol. The Morgan fingerprint density at radius 1 is 1.30 bits per heavy atom. The van der Waals surface area contributed by atoms with E-state index in [1.807, 2.05) is 24.8 Å². The maximum absolute atomic E-state index is 13.5. The normalized spacial score (nSPS) is 10.8. The third-order valence-corrected chi connectivity index (χ3v) is 3.22. The Bertz CT molecular complexity index is 402. The average Bonchev–Trinajstić information content (AvgIpc) is 2.42. The van der Waals surface area contributed by atoms with Gasteiger partial charge in [-0.2, -0.15) is 11.8 Å². The van der Waals surface area contributed by atoms with E-state index in [0.29, 0.717) is 12.1 Å². The zero-order valence-electron chi connectivity index (χ0n) is 12.0. The molecule has 0 aromatic heterocycles. The van der Waals surface area contributed by atoms with Crippen LogP contribution in [0.4, 0.5) is 4.39 Å². The van der Waals surface area contributed by atoms with Crippen LogP contribution < -0.4 is 10.6 Å². The van der Waals surface area contributed by atoms with Gasteiger partial charge in [-0.15, -0.1) is 24.0 Å². The Balaban J connectivity index is 0.00000361. The summed E-state index contributed by atoms with van der Waals surface area (Å²) in [5.41, 5.74) is 0.615. The van der Waals surface area contributed by atoms with Crippen LogP contribution >= 0.6 is 35.7 Å². The van der Waals surface area contributed by atoms with Crippen LogP contribution in [0.1, 0.15) is 18.9 Å².